The highest BCUT2D eigenvalue weighted by atomic mass is 16.7. The Morgan fingerprint density at radius 2 is 2.00 bits per heavy atom. The Bertz CT molecular complexity index is 536. The predicted octanol–water partition coefficient (Wildman–Crippen LogP) is 0.787. The molecule has 7 nitrogen and oxygen atoms in total. The molecule has 1 atom stereocenters. The van der Waals surface area contributed by atoms with Gasteiger partial charge in [-0.3, -0.25) is 9.59 Å². The van der Waals surface area contributed by atoms with Crippen LogP contribution < -0.4 is 5.48 Å². The van der Waals surface area contributed by atoms with Gasteiger partial charge in [0.15, 0.2) is 5.94 Å². The van der Waals surface area contributed by atoms with E-state index in [2.05, 4.69) is 10.2 Å². The standard InChI is InChI=1S/C14H15NO6/c1-20-14(19)11(7-8-13(17)18)15-21-12(9-16)10-5-3-2-4-6-10/h2-6,11,15H,7-8H2,1H3,(H,17,18)/t11-/m0/s1. The predicted molar refractivity (Wildman–Crippen MR) is 72.4 cm³/mol. The van der Waals surface area contributed by atoms with E-state index in [9.17, 15) is 14.4 Å². The number of esters is 1. The maximum atomic E-state index is 11.5. The second-order valence-electron chi connectivity index (χ2n) is 4.03. The van der Waals surface area contributed by atoms with Gasteiger partial charge in [-0.05, 0) is 6.42 Å². The largest absolute Gasteiger partial charge is 0.481 e. The minimum absolute atomic E-state index is 0.0388. The zero-order chi connectivity index (χ0) is 15.7. The van der Waals surface area contributed by atoms with Gasteiger partial charge in [0.25, 0.3) is 0 Å². The first-order valence-corrected chi connectivity index (χ1v) is 6.11. The van der Waals surface area contributed by atoms with Gasteiger partial charge in [-0.1, -0.05) is 30.3 Å². The third-order valence-corrected chi connectivity index (χ3v) is 2.56. The average Bonchev–Trinajstić information content (AvgIpc) is 2.50. The Morgan fingerprint density at radius 1 is 1.33 bits per heavy atom. The number of benzene rings is 1. The molecule has 1 rings (SSSR count). The zero-order valence-electron chi connectivity index (χ0n) is 11.4. The number of hydrogen-bond acceptors (Lipinski definition) is 6. The molecule has 0 heterocycles. The van der Waals surface area contributed by atoms with Gasteiger partial charge >= 0.3 is 11.9 Å². The molecular weight excluding hydrogens is 278 g/mol. The summed E-state index contributed by atoms with van der Waals surface area (Å²) in [5.41, 5.74) is 2.81. The Morgan fingerprint density at radius 3 is 2.52 bits per heavy atom. The second kappa shape index (κ2) is 8.52. The molecule has 0 fully saturated rings. The molecule has 0 spiro atoms. The Balaban J connectivity index is 2.68. The van der Waals surface area contributed by atoms with E-state index in [-0.39, 0.29) is 18.6 Å². The van der Waals surface area contributed by atoms with E-state index >= 15 is 0 Å². The van der Waals surface area contributed by atoms with Crippen molar-refractivity contribution in [3.05, 3.63) is 35.9 Å². The topological polar surface area (TPSA) is 102 Å². The number of carbonyl (C=O) groups is 2. The van der Waals surface area contributed by atoms with E-state index in [1.807, 2.05) is 0 Å². The lowest BCUT2D eigenvalue weighted by atomic mass is 10.2. The van der Waals surface area contributed by atoms with E-state index in [0.717, 1.165) is 0 Å². The van der Waals surface area contributed by atoms with Crippen LogP contribution in [0.4, 0.5) is 0 Å². The number of aliphatic carboxylic acids is 1. The van der Waals surface area contributed by atoms with Gasteiger partial charge in [-0.15, -0.1) is 5.48 Å². The lowest BCUT2D eigenvalue weighted by Crippen LogP contribution is -2.37. The molecule has 0 aliphatic rings. The molecule has 21 heavy (non-hydrogen) atoms. The van der Waals surface area contributed by atoms with Gasteiger partial charge in [-0.25, -0.2) is 4.79 Å². The van der Waals surface area contributed by atoms with Gasteiger partial charge in [0, 0.05) is 12.0 Å². The summed E-state index contributed by atoms with van der Waals surface area (Å²) < 4.78 is 4.53. The van der Waals surface area contributed by atoms with Crippen LogP contribution in [0.3, 0.4) is 0 Å². The van der Waals surface area contributed by atoms with Crippen LogP contribution in [0.2, 0.25) is 0 Å². The van der Waals surface area contributed by atoms with Crippen LogP contribution in [0.25, 0.3) is 5.76 Å². The van der Waals surface area contributed by atoms with Crippen LogP contribution in [-0.4, -0.2) is 36.1 Å². The smallest absolute Gasteiger partial charge is 0.326 e. The van der Waals surface area contributed by atoms with Crippen molar-refractivity contribution in [1.29, 1.82) is 0 Å². The molecule has 0 saturated carbocycles. The van der Waals surface area contributed by atoms with E-state index in [0.29, 0.717) is 5.56 Å². The van der Waals surface area contributed by atoms with Crippen molar-refractivity contribution in [3.8, 4) is 0 Å². The number of carbonyl (C=O) groups excluding carboxylic acids is 2. The van der Waals surface area contributed by atoms with Crippen molar-refractivity contribution in [1.82, 2.24) is 5.48 Å². The number of carboxylic acids is 1. The minimum atomic E-state index is -1.06. The second-order valence-corrected chi connectivity index (χ2v) is 4.03. The molecule has 0 aromatic heterocycles. The van der Waals surface area contributed by atoms with E-state index in [1.54, 1.807) is 36.3 Å². The van der Waals surface area contributed by atoms with Gasteiger partial charge in [0.1, 0.15) is 6.04 Å². The van der Waals surface area contributed by atoms with Crippen LogP contribution in [0.1, 0.15) is 18.4 Å². The first-order valence-electron chi connectivity index (χ1n) is 6.11. The highest BCUT2D eigenvalue weighted by Gasteiger charge is 2.21. The van der Waals surface area contributed by atoms with Gasteiger partial charge in [0.2, 0.25) is 5.76 Å². The molecule has 1 aromatic rings. The van der Waals surface area contributed by atoms with Gasteiger partial charge in [0.05, 0.1) is 7.11 Å². The first kappa shape index (κ1) is 16.4. The van der Waals surface area contributed by atoms with Crippen molar-refractivity contribution in [2.24, 2.45) is 0 Å². The minimum Gasteiger partial charge on any atom is -0.481 e. The number of methoxy groups -OCH3 is 1. The van der Waals surface area contributed by atoms with Crippen molar-refractivity contribution >= 4 is 23.6 Å². The molecule has 0 aliphatic heterocycles. The molecule has 0 radical (unpaired) electrons. The van der Waals surface area contributed by atoms with Crippen LogP contribution in [0.15, 0.2) is 30.3 Å². The highest BCUT2D eigenvalue weighted by Crippen LogP contribution is 2.11. The number of hydrogen-bond donors (Lipinski definition) is 2. The van der Waals surface area contributed by atoms with E-state index in [1.165, 1.54) is 7.11 Å². The first-order chi connectivity index (χ1) is 10.1. The number of rotatable bonds is 8. The fourth-order valence-electron chi connectivity index (χ4n) is 1.49. The van der Waals surface area contributed by atoms with Gasteiger partial charge in [-0.2, -0.15) is 0 Å². The third-order valence-electron chi connectivity index (χ3n) is 2.56. The zero-order valence-corrected chi connectivity index (χ0v) is 11.4. The molecule has 2 N–H and O–H groups in total. The molecule has 0 unspecified atom stereocenters. The Kier molecular flexibility index (Phi) is 6.67. The third kappa shape index (κ3) is 5.48. The van der Waals surface area contributed by atoms with Crippen molar-refractivity contribution < 1.29 is 29.1 Å². The average molecular weight is 293 g/mol. The molecule has 0 aliphatic carbocycles. The van der Waals surface area contributed by atoms with Crippen LogP contribution >= 0.6 is 0 Å². The quantitative estimate of drug-likeness (QED) is 0.316. The summed E-state index contributed by atoms with van der Waals surface area (Å²) in [7, 11) is 1.17. The SMILES string of the molecule is COC(=O)[C@H](CCC(=O)O)NOC(=C=O)c1ccccc1. The summed E-state index contributed by atoms with van der Waals surface area (Å²) in [5.74, 6) is -0.271. The number of nitrogens with one attached hydrogen (secondary N) is 1. The normalized spacial score (nSPS) is 11.1. The summed E-state index contributed by atoms with van der Waals surface area (Å²) >= 11 is 0. The molecule has 112 valence electrons. The fourth-order valence-corrected chi connectivity index (χ4v) is 1.49. The monoisotopic (exact) mass is 293 g/mol. The summed E-state index contributed by atoms with van der Waals surface area (Å²) in [6.45, 7) is 0. The number of hydroxylamine groups is 1. The van der Waals surface area contributed by atoms with E-state index in [4.69, 9.17) is 9.94 Å². The van der Waals surface area contributed by atoms with Gasteiger partial charge < -0.3 is 14.7 Å². The summed E-state index contributed by atoms with van der Waals surface area (Å²) in [6.07, 6.45) is -0.287. The number of ether oxygens (including phenoxy) is 1. The van der Waals surface area contributed by atoms with Crippen LogP contribution in [-0.2, 0) is 24.0 Å². The Labute approximate surface area is 121 Å². The molecule has 1 aromatic carbocycles. The summed E-state index contributed by atoms with van der Waals surface area (Å²) in [4.78, 5) is 38.0. The molecular formula is C14H15NO6. The summed E-state index contributed by atoms with van der Waals surface area (Å²) in [5, 5.41) is 8.63. The van der Waals surface area contributed by atoms with E-state index < -0.39 is 18.0 Å². The van der Waals surface area contributed by atoms with Crippen molar-refractivity contribution in [2.75, 3.05) is 7.11 Å². The molecule has 0 amide bonds. The Hall–Kier alpha value is -2.63. The lowest BCUT2D eigenvalue weighted by Gasteiger charge is -2.16. The number of carboxylic acid groups (broad SMARTS) is 1. The molecule has 0 bridgehead atoms. The highest BCUT2D eigenvalue weighted by molar-refractivity contribution is 5.83. The lowest BCUT2D eigenvalue weighted by molar-refractivity contribution is -0.146. The van der Waals surface area contributed by atoms with Crippen molar-refractivity contribution in [2.45, 2.75) is 18.9 Å². The molecule has 0 saturated heterocycles. The maximum Gasteiger partial charge on any atom is 0.326 e. The maximum absolute atomic E-state index is 11.5. The van der Waals surface area contributed by atoms with Crippen LogP contribution in [0.5, 0.6) is 0 Å². The molecule has 7 heteroatoms. The van der Waals surface area contributed by atoms with Crippen molar-refractivity contribution in [3.63, 3.8) is 0 Å². The van der Waals surface area contributed by atoms with Crippen LogP contribution in [0, 0.1) is 0 Å². The fraction of sp³-hybridized carbons (Fsp3) is 0.286. The summed E-state index contributed by atoms with van der Waals surface area (Å²) in [6, 6.07) is 7.44.